The Labute approximate surface area is 458 Å². The minimum atomic E-state index is -2.28. The summed E-state index contributed by atoms with van der Waals surface area (Å²) in [6.45, 7) is 10.7. The molecule has 0 unspecified atom stereocenters. The number of hydrogen-bond donors (Lipinski definition) is 8. The molecule has 0 aliphatic heterocycles. The molecule has 78 heavy (non-hydrogen) atoms. The second-order valence-corrected chi connectivity index (χ2v) is 26.6. The fourth-order valence-corrected chi connectivity index (χ4v) is 15.9. The predicted molar refractivity (Wildman–Crippen MR) is 311 cm³/mol. The van der Waals surface area contributed by atoms with Crippen LogP contribution >= 0.6 is 0 Å². The molecule has 0 atom stereocenters. The highest BCUT2D eigenvalue weighted by molar-refractivity contribution is 6.85. The lowest BCUT2D eigenvalue weighted by Gasteiger charge is -2.34. The zero-order valence-corrected chi connectivity index (χ0v) is 43.8. The van der Waals surface area contributed by atoms with Crippen molar-refractivity contribution in [1.82, 2.24) is 10.6 Å². The molecule has 0 saturated heterocycles. The van der Waals surface area contributed by atoms with Gasteiger partial charge in [0.2, 0.25) is 0 Å². The van der Waals surface area contributed by atoms with Crippen LogP contribution < -0.4 is 26.0 Å². The summed E-state index contributed by atoms with van der Waals surface area (Å²) in [6, 6.07) is 30.9. The van der Waals surface area contributed by atoms with E-state index in [9.17, 15) is 58.8 Å². The van der Waals surface area contributed by atoms with Crippen LogP contribution in [0.4, 0.5) is 11.4 Å². The number of carbonyl (C=O) groups excluding carboxylic acids is 4. The van der Waals surface area contributed by atoms with Crippen molar-refractivity contribution in [1.29, 1.82) is 0 Å². The van der Waals surface area contributed by atoms with E-state index in [1.54, 1.807) is 24.3 Å². The van der Waals surface area contributed by atoms with E-state index in [-0.39, 0.29) is 74.2 Å². The highest BCUT2D eigenvalue weighted by atomic mass is 28.4. The molecular weight excluding hydrogens is 1030 g/mol. The Kier molecular flexibility index (Phi) is 25.2. The Morgan fingerprint density at radius 2 is 0.744 bits per heavy atom. The molecule has 0 aromatic heterocycles. The first kappa shape index (κ1) is 67.4. The number of carboxylic acids is 4. The number of benzene rings is 6. The van der Waals surface area contributed by atoms with Gasteiger partial charge in [-0.1, -0.05) is 54.0 Å². The summed E-state index contributed by atoms with van der Waals surface area (Å²) in [7, 11) is -0.560. The maximum Gasteiger partial charge on any atom is 0.336 e. The van der Waals surface area contributed by atoms with E-state index in [1.165, 1.54) is 86.6 Å². The van der Waals surface area contributed by atoms with Gasteiger partial charge in [0, 0.05) is 41.9 Å². The lowest BCUT2D eigenvalue weighted by Crippen LogP contribution is -2.55. The maximum atomic E-state index is 13.1. The van der Waals surface area contributed by atoms with Crippen LogP contribution in [0.3, 0.4) is 0 Å². The second-order valence-electron chi connectivity index (χ2n) is 18.1. The summed E-state index contributed by atoms with van der Waals surface area (Å²) in [5.74, 6) is -5.86. The average molecular weight is 1110 g/mol. The molecule has 0 aliphatic carbocycles. The molecule has 0 bridgehead atoms. The van der Waals surface area contributed by atoms with Gasteiger partial charge in [0.05, 0.1) is 33.4 Å². The van der Waals surface area contributed by atoms with Gasteiger partial charge in [0.25, 0.3) is 11.8 Å². The molecule has 20 heteroatoms. The molecule has 0 fully saturated rings. The number of hydrogen-bond acceptors (Lipinski definition) is 12. The molecule has 8 N–H and O–H groups in total. The molecule has 18 nitrogen and oxygen atoms in total. The molecule has 0 saturated carbocycles. The predicted octanol–water partition coefficient (Wildman–Crippen LogP) is 12.0. The van der Waals surface area contributed by atoms with Crippen molar-refractivity contribution in [3.63, 3.8) is 0 Å². The fourth-order valence-electron chi connectivity index (χ4n) is 7.86. The summed E-state index contributed by atoms with van der Waals surface area (Å²) in [5.41, 5.74) is 2.50. The molecule has 0 heterocycles. The number of nitrogens with one attached hydrogen (secondary N) is 4. The highest BCUT2D eigenvalue weighted by Gasteiger charge is 2.33. The second kappa shape index (κ2) is 29.1. The molecule has 2 amide bonds. The molecule has 0 radical (unpaired) electrons. The monoisotopic (exact) mass is 1100 g/mol. The van der Waals surface area contributed by atoms with Crippen molar-refractivity contribution in [3.05, 3.63) is 166 Å². The van der Waals surface area contributed by atoms with Gasteiger partial charge in [-0.3, -0.25) is 19.2 Å². The quantitative estimate of drug-likeness (QED) is 0.0260. The lowest BCUT2D eigenvalue weighted by atomic mass is 9.94. The molecule has 6 aromatic carbocycles. The number of ketones is 2. The van der Waals surface area contributed by atoms with Gasteiger partial charge in [-0.05, 0) is 166 Å². The van der Waals surface area contributed by atoms with Crippen molar-refractivity contribution in [2.45, 2.75) is 69.7 Å². The minimum Gasteiger partial charge on any atom is -0.478 e. The molecule has 0 aliphatic rings. The Morgan fingerprint density at radius 3 is 1.08 bits per heavy atom. The maximum absolute atomic E-state index is 13.1. The molecule has 0 spiro atoms. The average Bonchev–Trinajstić information content (AvgIpc) is 3.35. The zero-order chi connectivity index (χ0) is 54.7. The van der Waals surface area contributed by atoms with Crippen LogP contribution in [0.25, 0.3) is 22.3 Å². The number of anilines is 2. The fraction of sp³-hybridized carbons (Fsp3) is 0.241. The van der Waals surface area contributed by atoms with Gasteiger partial charge in [-0.25, -0.2) is 19.2 Å². The number of aromatic carboxylic acids is 4. The number of ether oxygens (including phenoxy) is 1. The van der Waals surface area contributed by atoms with Crippen LogP contribution in [0.1, 0.15) is 126 Å². The third-order valence-corrected chi connectivity index (χ3v) is 17.9. The van der Waals surface area contributed by atoms with Crippen LogP contribution in [0.2, 0.25) is 26.2 Å². The van der Waals surface area contributed by atoms with E-state index in [2.05, 4.69) is 34.4 Å². The van der Waals surface area contributed by atoms with E-state index in [0.29, 0.717) is 45.6 Å². The summed E-state index contributed by atoms with van der Waals surface area (Å²) in [6.07, 6.45) is 1.07. The zero-order valence-electron chi connectivity index (χ0n) is 41.8. The lowest BCUT2D eigenvalue weighted by molar-refractivity contribution is 0.0683. The first-order chi connectivity index (χ1) is 34.8. The Hall–Kier alpha value is -8.57. The van der Waals surface area contributed by atoms with Crippen molar-refractivity contribution in [3.8, 4) is 33.8 Å². The van der Waals surface area contributed by atoms with Crippen LogP contribution in [0.5, 0.6) is 11.5 Å². The number of Topliss-reactive ketones (excluding diaryl/α,β-unsaturated/α-hetero) is 2. The van der Waals surface area contributed by atoms with Crippen LogP contribution in [-0.2, 0) is 4.12 Å². The normalized spacial score (nSPS) is 10.5. The smallest absolute Gasteiger partial charge is 0.336 e. The van der Waals surface area contributed by atoms with Gasteiger partial charge >= 0.3 is 23.9 Å². The van der Waals surface area contributed by atoms with Crippen LogP contribution in [0, 0.1) is 0 Å². The summed E-state index contributed by atoms with van der Waals surface area (Å²) in [5, 5.41) is 49.7. The minimum absolute atomic E-state index is 0. The topological polar surface area (TPSA) is 284 Å². The van der Waals surface area contributed by atoms with E-state index >= 15 is 0 Å². The van der Waals surface area contributed by atoms with E-state index in [0.717, 1.165) is 11.9 Å². The third-order valence-electron chi connectivity index (χ3n) is 11.2. The molecule has 6 aromatic rings. The van der Waals surface area contributed by atoms with Crippen molar-refractivity contribution < 1.29 is 67.6 Å². The summed E-state index contributed by atoms with van der Waals surface area (Å²) >= 11 is 0. The van der Waals surface area contributed by atoms with Crippen molar-refractivity contribution in [2.75, 3.05) is 37.1 Å². The SMILES string of the molecule is C.C.C.C.CNC[Si](C)(C)O[Si](C)(C)CNC(=O)c1cc(-c2ccc(C(=O)O)c(C(C)=O)c2)ccc1C(=O)O.CNc1ccc(Oc2ccc(NC(=O)c3cc(-c4ccc(C(=O)O)c(C(C)=O)c4)ccc3C(=O)O)cc2)cc1. The van der Waals surface area contributed by atoms with Crippen molar-refractivity contribution in [2.24, 2.45) is 0 Å². The number of carbonyl (C=O) groups is 8. The number of rotatable bonds is 20. The van der Waals surface area contributed by atoms with E-state index in [1.807, 2.05) is 51.5 Å². The molecule has 6 rings (SSSR count). The number of amides is 2. The van der Waals surface area contributed by atoms with Crippen molar-refractivity contribution >= 4 is 75.3 Å². The molecule has 416 valence electrons. The van der Waals surface area contributed by atoms with Gasteiger partial charge in [0.15, 0.2) is 28.2 Å². The Balaban J connectivity index is 0.000000747. The van der Waals surface area contributed by atoms with Gasteiger partial charge < -0.3 is 50.5 Å². The Morgan fingerprint density at radius 1 is 0.423 bits per heavy atom. The van der Waals surface area contributed by atoms with Crippen LogP contribution in [0.15, 0.2) is 121 Å². The van der Waals surface area contributed by atoms with Gasteiger partial charge in [-0.2, -0.15) is 0 Å². The number of carboxylic acid groups (broad SMARTS) is 4. The summed E-state index contributed by atoms with van der Waals surface area (Å²) < 4.78 is 12.2. The standard InChI is InChI=1S/C30H24N2O7.C24H32N2O7Si2.4CH4/c1-17(33)26-15-18(3-13-24(26)29(35)36)19-4-14-25(30(37)38)27(16-19)28(34)32-21-7-11-23(12-8-21)39-22-9-5-20(31-2)6-10-22;1-15(27)20-11-16(7-9-18(20)23(29)30)17-8-10-19(24(31)32)21(12-17)22(28)26-14-35(5,6)33-34(3,4)13-25-2;;;;/h3-16,31H,1-2H3,(H,32,34)(H,35,36)(H,37,38);7-12,25H,13-14H2,1-6H3,(H,26,28)(H,29,30)(H,31,32);4*1H4. The first-order valence-corrected chi connectivity index (χ1v) is 29.1. The highest BCUT2D eigenvalue weighted by Crippen LogP contribution is 2.30. The van der Waals surface area contributed by atoms with E-state index in [4.69, 9.17) is 8.85 Å². The molecular formula is C58H72N4O14Si2. The van der Waals surface area contributed by atoms with Gasteiger partial charge in [0.1, 0.15) is 11.5 Å². The van der Waals surface area contributed by atoms with Crippen LogP contribution in [-0.4, -0.2) is 111 Å². The Bertz CT molecular complexity index is 3160. The third kappa shape index (κ3) is 17.8. The van der Waals surface area contributed by atoms with Gasteiger partial charge in [-0.15, -0.1) is 0 Å². The first-order valence-electron chi connectivity index (χ1n) is 22.9. The van der Waals surface area contributed by atoms with E-state index < -0.39 is 63.9 Å². The summed E-state index contributed by atoms with van der Waals surface area (Å²) in [4.78, 5) is 96.7. The largest absolute Gasteiger partial charge is 0.478 e.